The molecule has 312 valence electrons. The first-order chi connectivity index (χ1) is 25.2. The number of nitrogen functional groups attached to an aromatic ring is 1. The Morgan fingerprint density at radius 2 is 1.71 bits per heavy atom. The van der Waals surface area contributed by atoms with E-state index >= 15 is 0 Å². The number of aliphatic hydroxyl groups excluding tert-OH is 2. The van der Waals surface area contributed by atoms with E-state index in [1.165, 1.54) is 13.8 Å². The first-order valence-electron chi connectivity index (χ1n) is 15.3. The summed E-state index contributed by atoms with van der Waals surface area (Å²) in [5.74, 6) is -4.50. The van der Waals surface area contributed by atoms with E-state index in [1.54, 1.807) is 0 Å². The first-order valence-corrected chi connectivity index (χ1v) is 21.0. The van der Waals surface area contributed by atoms with Gasteiger partial charge in [0.15, 0.2) is 17.7 Å². The maximum atomic E-state index is 12.6. The van der Waals surface area contributed by atoms with Crippen LogP contribution in [0.15, 0.2) is 12.7 Å². The molecule has 0 bridgehead atoms. The molecule has 2 amide bonds. The normalized spacial score (nSPS) is 22.2. The molecule has 0 spiro atoms. The summed E-state index contributed by atoms with van der Waals surface area (Å²) in [7, 11) is -16.5. The second-order valence-corrected chi connectivity index (χ2v) is 17.4. The molecule has 0 aliphatic carbocycles. The van der Waals surface area contributed by atoms with Crippen LogP contribution in [0.2, 0.25) is 0 Å². The molecule has 1 aliphatic heterocycles. The molecule has 2 aromatic heterocycles. The van der Waals surface area contributed by atoms with Gasteiger partial charge < -0.3 is 50.9 Å². The maximum Gasteiger partial charge on any atom is 0.481 e. The molecule has 0 radical (unpaired) electrons. The van der Waals surface area contributed by atoms with Crippen molar-refractivity contribution in [2.45, 2.75) is 57.1 Å². The number of rotatable bonds is 21. The van der Waals surface area contributed by atoms with Crippen LogP contribution in [0, 0.1) is 5.41 Å². The van der Waals surface area contributed by atoms with Crippen LogP contribution in [-0.2, 0) is 50.7 Å². The molecular formula is C24H37F3N7O17P3S. The number of Topliss-reactive ketones (excluding diaryl/α,β-unsaturated/α-hetero) is 1. The second kappa shape index (κ2) is 18.7. The van der Waals surface area contributed by atoms with E-state index in [4.69, 9.17) is 10.5 Å². The molecule has 0 aromatic carbocycles. The van der Waals surface area contributed by atoms with E-state index in [0.29, 0.717) is 11.8 Å². The number of phosphoric acid groups is 3. The van der Waals surface area contributed by atoms with Crippen molar-refractivity contribution in [3.05, 3.63) is 12.7 Å². The van der Waals surface area contributed by atoms with Gasteiger partial charge in [-0.2, -0.15) is 29.2 Å². The van der Waals surface area contributed by atoms with Crippen LogP contribution in [-0.4, -0.2) is 135 Å². The summed E-state index contributed by atoms with van der Waals surface area (Å²) < 4.78 is 98.3. The average Bonchev–Trinajstić information content (AvgIpc) is 3.62. The number of aromatic nitrogens is 4. The summed E-state index contributed by atoms with van der Waals surface area (Å²) in [6.07, 6.45) is -12.3. The Kier molecular flexibility index (Phi) is 15.9. The fraction of sp³-hybridized carbons (Fsp3) is 0.667. The number of imidazole rings is 1. The van der Waals surface area contributed by atoms with Crippen molar-refractivity contribution in [3.8, 4) is 0 Å². The minimum absolute atomic E-state index is 0.00473. The third-order valence-corrected chi connectivity index (χ3v) is 11.3. The zero-order valence-electron chi connectivity index (χ0n) is 28.4. The Hall–Kier alpha value is -2.65. The lowest BCUT2D eigenvalue weighted by Crippen LogP contribution is -2.46. The van der Waals surface area contributed by atoms with E-state index in [-0.39, 0.29) is 42.2 Å². The molecule has 3 heterocycles. The molecule has 1 aliphatic rings. The third-order valence-electron chi connectivity index (χ3n) is 7.20. The number of hydrogen-bond donors (Lipinski definition) is 9. The van der Waals surface area contributed by atoms with Crippen molar-refractivity contribution >= 4 is 69.8 Å². The van der Waals surface area contributed by atoms with Gasteiger partial charge in [-0.25, -0.2) is 28.6 Å². The van der Waals surface area contributed by atoms with E-state index in [2.05, 4.69) is 43.5 Å². The Morgan fingerprint density at radius 1 is 1.05 bits per heavy atom. The van der Waals surface area contributed by atoms with Crippen LogP contribution in [0.25, 0.3) is 11.2 Å². The van der Waals surface area contributed by atoms with Gasteiger partial charge in [0.05, 0.1) is 25.3 Å². The van der Waals surface area contributed by atoms with Crippen molar-refractivity contribution in [3.63, 3.8) is 0 Å². The lowest BCUT2D eigenvalue weighted by atomic mass is 9.87. The Balaban J connectivity index is 1.49. The van der Waals surface area contributed by atoms with E-state index in [9.17, 15) is 71.0 Å². The highest BCUT2D eigenvalue weighted by Crippen LogP contribution is 2.61. The Bertz CT molecular complexity index is 1840. The first kappa shape index (κ1) is 46.7. The number of anilines is 1. The topological polar surface area (TPSA) is 364 Å². The molecule has 55 heavy (non-hydrogen) atoms. The molecule has 2 unspecified atom stereocenters. The second-order valence-electron chi connectivity index (χ2n) is 12.0. The molecule has 24 nitrogen and oxygen atoms in total. The van der Waals surface area contributed by atoms with Crippen molar-refractivity contribution in [2.24, 2.45) is 5.41 Å². The number of amides is 2. The lowest BCUT2D eigenvalue weighted by molar-refractivity contribution is -0.167. The summed E-state index contributed by atoms with van der Waals surface area (Å²) in [4.78, 5) is 85.9. The highest BCUT2D eigenvalue weighted by molar-refractivity contribution is 7.99. The number of fused-ring (bicyclic) bond motifs is 1. The number of ether oxygens (including phenoxy) is 1. The van der Waals surface area contributed by atoms with Crippen LogP contribution in [0.4, 0.5) is 19.0 Å². The Labute approximate surface area is 312 Å². The van der Waals surface area contributed by atoms with Gasteiger partial charge in [-0.1, -0.05) is 13.8 Å². The monoisotopic (exact) mass is 877 g/mol. The zero-order valence-corrected chi connectivity index (χ0v) is 31.9. The number of halogens is 3. The molecule has 2 aromatic rings. The quantitative estimate of drug-likeness (QED) is 0.0551. The SMILES string of the molecule is CC(C)(COP(=O)(O)OP(=O)(O)OC[C@@H]1O[C@@H](n2cnc3c(N)ncnc32)[C@H](O)[C@H]1OP(=O)(O)O)[C@@H](O)C(=O)NCCC(=O)NCCSCC(=O)C(F)(F)F. The smallest absolute Gasteiger partial charge is 0.386 e. The number of thioether (sulfide) groups is 1. The summed E-state index contributed by atoms with van der Waals surface area (Å²) in [6, 6.07) is 0. The van der Waals surface area contributed by atoms with E-state index in [0.717, 1.165) is 17.2 Å². The number of alkyl halides is 3. The minimum atomic E-state index is -5.61. The fourth-order valence-corrected chi connectivity index (χ4v) is 8.02. The molecule has 31 heteroatoms. The van der Waals surface area contributed by atoms with Crippen molar-refractivity contribution in [1.82, 2.24) is 30.2 Å². The largest absolute Gasteiger partial charge is 0.481 e. The minimum Gasteiger partial charge on any atom is -0.386 e. The number of carbonyl (C=O) groups is 3. The summed E-state index contributed by atoms with van der Waals surface area (Å²) in [6.45, 7) is -0.149. The highest BCUT2D eigenvalue weighted by Gasteiger charge is 2.50. The van der Waals surface area contributed by atoms with Crippen LogP contribution < -0.4 is 16.4 Å². The van der Waals surface area contributed by atoms with Crippen LogP contribution >= 0.6 is 35.2 Å². The fourth-order valence-electron chi connectivity index (χ4n) is 4.45. The summed E-state index contributed by atoms with van der Waals surface area (Å²) in [5.41, 5.74) is 4.12. The molecule has 3 rings (SSSR count). The van der Waals surface area contributed by atoms with E-state index in [1.807, 2.05) is 0 Å². The van der Waals surface area contributed by atoms with Gasteiger partial charge in [0, 0.05) is 30.7 Å². The molecular weight excluding hydrogens is 840 g/mol. The van der Waals surface area contributed by atoms with Gasteiger partial charge in [-0.3, -0.25) is 32.5 Å². The predicted octanol–water partition coefficient (Wildman–Crippen LogP) is -0.730. The summed E-state index contributed by atoms with van der Waals surface area (Å²) >= 11 is 0.651. The summed E-state index contributed by atoms with van der Waals surface area (Å²) in [5, 5.41) is 25.9. The van der Waals surface area contributed by atoms with Gasteiger partial charge in [-0.15, -0.1) is 0 Å². The number of ketones is 1. The van der Waals surface area contributed by atoms with Crippen LogP contribution in [0.1, 0.15) is 26.5 Å². The standard InChI is InChI=1S/C24H37F3N7O17P3S/c1-23(2,18(38)21(39)30-4-3-14(36)29-5-6-55-8-13(35)24(25,26)27)9-48-54(45,46)51-53(43,44)47-7-12-17(50-52(40,41)42)16(37)22(49-12)34-11-33-15-19(28)31-10-32-20(15)34/h10-12,16-18,22,37-38H,3-9H2,1-2H3,(H,29,36)(H,30,39)(H,43,44)(H,45,46)(H2,28,31,32)(H2,40,41,42)/t12-,16+,17-,18-,22+/m0/s1. The highest BCUT2D eigenvalue weighted by atomic mass is 32.2. The Morgan fingerprint density at radius 3 is 2.35 bits per heavy atom. The van der Waals surface area contributed by atoms with Crippen molar-refractivity contribution in [1.29, 1.82) is 0 Å². The number of nitrogens with one attached hydrogen (secondary N) is 2. The van der Waals surface area contributed by atoms with Gasteiger partial charge in [-0.05, 0) is 0 Å². The molecule has 10 N–H and O–H groups in total. The molecule has 1 saturated heterocycles. The van der Waals surface area contributed by atoms with Gasteiger partial charge >= 0.3 is 29.6 Å². The van der Waals surface area contributed by atoms with E-state index < -0.39 is 102 Å². The zero-order chi connectivity index (χ0) is 41.6. The van der Waals surface area contributed by atoms with Gasteiger partial charge in [0.25, 0.3) is 0 Å². The third kappa shape index (κ3) is 14.0. The van der Waals surface area contributed by atoms with Crippen LogP contribution in [0.3, 0.4) is 0 Å². The number of phosphoric ester groups is 3. The lowest BCUT2D eigenvalue weighted by Gasteiger charge is -2.30. The molecule has 7 atom stereocenters. The maximum absolute atomic E-state index is 12.6. The van der Waals surface area contributed by atoms with Crippen LogP contribution in [0.5, 0.6) is 0 Å². The van der Waals surface area contributed by atoms with Gasteiger partial charge in [0.2, 0.25) is 17.6 Å². The number of carbonyl (C=O) groups excluding carboxylic acids is 3. The number of nitrogens with zero attached hydrogens (tertiary/aromatic N) is 4. The number of hydrogen-bond acceptors (Lipinski definition) is 18. The molecule has 0 saturated carbocycles. The van der Waals surface area contributed by atoms with Crippen molar-refractivity contribution in [2.75, 3.05) is 43.5 Å². The predicted molar refractivity (Wildman–Crippen MR) is 178 cm³/mol. The number of aliphatic hydroxyl groups is 2. The van der Waals surface area contributed by atoms with Crippen molar-refractivity contribution < 1.29 is 93.7 Å². The van der Waals surface area contributed by atoms with Gasteiger partial charge in [0.1, 0.15) is 36.3 Å². The molecule has 1 fully saturated rings. The average molecular weight is 878 g/mol. The number of nitrogens with two attached hydrogens (primary N) is 1.